The molecule has 98 valence electrons. The Morgan fingerprint density at radius 1 is 1.56 bits per heavy atom. The Balaban J connectivity index is 2.24. The number of carbonyl (C=O) groups excluding carboxylic acids is 1. The number of nitrogens with zero attached hydrogens (tertiary/aromatic N) is 1. The third-order valence-corrected chi connectivity index (χ3v) is 3.50. The highest BCUT2D eigenvalue weighted by molar-refractivity contribution is 6.31. The molecule has 1 aromatic carbocycles. The molecule has 2 amide bonds. The number of rotatable bonds is 3. The maximum absolute atomic E-state index is 11.9. The van der Waals surface area contributed by atoms with Crippen molar-refractivity contribution >= 4 is 23.3 Å². The van der Waals surface area contributed by atoms with E-state index in [2.05, 4.69) is 5.32 Å². The first-order chi connectivity index (χ1) is 8.61. The topological polar surface area (TPSA) is 58.4 Å². The van der Waals surface area contributed by atoms with E-state index in [4.69, 9.17) is 17.3 Å². The normalized spacial score (nSPS) is 19.8. The summed E-state index contributed by atoms with van der Waals surface area (Å²) in [4.78, 5) is 13.7. The Hall–Kier alpha value is -1.26. The van der Waals surface area contributed by atoms with Crippen LogP contribution in [0.3, 0.4) is 0 Å². The number of amides is 2. The SMILES string of the molecule is Cc1ccc(Cl)cc1N1CC(CCN)CNC1=O. The first kappa shape index (κ1) is 13.2. The number of carbonyl (C=O) groups is 1. The van der Waals surface area contributed by atoms with Gasteiger partial charge in [0.05, 0.1) is 0 Å². The molecule has 0 aliphatic carbocycles. The summed E-state index contributed by atoms with van der Waals surface area (Å²) in [6.07, 6.45) is 0.913. The average Bonchev–Trinajstić information content (AvgIpc) is 2.35. The summed E-state index contributed by atoms with van der Waals surface area (Å²) in [7, 11) is 0. The van der Waals surface area contributed by atoms with Gasteiger partial charge in [0, 0.05) is 23.8 Å². The fraction of sp³-hybridized carbons (Fsp3) is 0.462. The fourth-order valence-electron chi connectivity index (χ4n) is 2.24. The largest absolute Gasteiger partial charge is 0.337 e. The quantitative estimate of drug-likeness (QED) is 0.882. The van der Waals surface area contributed by atoms with Crippen molar-refractivity contribution in [2.75, 3.05) is 24.5 Å². The Morgan fingerprint density at radius 2 is 2.33 bits per heavy atom. The number of hydrogen-bond donors (Lipinski definition) is 2. The van der Waals surface area contributed by atoms with Crippen LogP contribution in [0.2, 0.25) is 5.02 Å². The Labute approximate surface area is 112 Å². The molecule has 18 heavy (non-hydrogen) atoms. The lowest BCUT2D eigenvalue weighted by Gasteiger charge is -2.34. The maximum atomic E-state index is 11.9. The van der Waals surface area contributed by atoms with E-state index < -0.39 is 0 Å². The summed E-state index contributed by atoms with van der Waals surface area (Å²) in [5, 5.41) is 3.54. The fourth-order valence-corrected chi connectivity index (χ4v) is 2.41. The monoisotopic (exact) mass is 267 g/mol. The van der Waals surface area contributed by atoms with E-state index in [1.54, 1.807) is 4.90 Å². The zero-order valence-corrected chi connectivity index (χ0v) is 11.2. The standard InChI is InChI=1S/C13H18ClN3O/c1-9-2-3-11(14)6-12(9)17-8-10(4-5-15)7-16-13(17)18/h2-3,6,10H,4-5,7-8,15H2,1H3,(H,16,18). The molecule has 3 N–H and O–H groups in total. The molecular formula is C13H18ClN3O. The van der Waals surface area contributed by atoms with E-state index in [9.17, 15) is 4.79 Å². The van der Waals surface area contributed by atoms with Crippen LogP contribution in [0, 0.1) is 12.8 Å². The molecule has 1 heterocycles. The Bertz CT molecular complexity index is 450. The summed E-state index contributed by atoms with van der Waals surface area (Å²) in [6.45, 7) is 4.02. The van der Waals surface area contributed by atoms with Crippen molar-refractivity contribution in [3.8, 4) is 0 Å². The molecule has 0 saturated carbocycles. The molecule has 1 saturated heterocycles. The van der Waals surface area contributed by atoms with Crippen LogP contribution in [0.15, 0.2) is 18.2 Å². The van der Waals surface area contributed by atoms with E-state index in [0.29, 0.717) is 30.6 Å². The van der Waals surface area contributed by atoms with Gasteiger partial charge in [0.1, 0.15) is 0 Å². The van der Waals surface area contributed by atoms with Crippen LogP contribution >= 0.6 is 11.6 Å². The zero-order valence-electron chi connectivity index (χ0n) is 10.4. The van der Waals surface area contributed by atoms with Crippen molar-refractivity contribution in [1.82, 2.24) is 5.32 Å². The molecule has 4 nitrogen and oxygen atoms in total. The summed E-state index contributed by atoms with van der Waals surface area (Å²) >= 11 is 6.00. The Morgan fingerprint density at radius 3 is 3.06 bits per heavy atom. The molecule has 1 unspecified atom stereocenters. The van der Waals surface area contributed by atoms with Crippen LogP contribution in [0.4, 0.5) is 10.5 Å². The molecular weight excluding hydrogens is 250 g/mol. The summed E-state index contributed by atoms with van der Waals surface area (Å²) in [5.41, 5.74) is 7.50. The Kier molecular flexibility index (Phi) is 4.09. The molecule has 1 aliphatic rings. The number of nitrogens with two attached hydrogens (primary N) is 1. The van der Waals surface area contributed by atoms with Crippen LogP contribution in [-0.2, 0) is 0 Å². The van der Waals surface area contributed by atoms with E-state index in [0.717, 1.165) is 17.7 Å². The minimum atomic E-state index is -0.0614. The van der Waals surface area contributed by atoms with Gasteiger partial charge in [0.25, 0.3) is 0 Å². The van der Waals surface area contributed by atoms with Crippen molar-refractivity contribution in [1.29, 1.82) is 0 Å². The van der Waals surface area contributed by atoms with Crippen molar-refractivity contribution in [3.05, 3.63) is 28.8 Å². The first-order valence-electron chi connectivity index (χ1n) is 6.13. The number of aryl methyl sites for hydroxylation is 1. The van der Waals surface area contributed by atoms with Gasteiger partial charge in [-0.2, -0.15) is 0 Å². The lowest BCUT2D eigenvalue weighted by molar-refractivity contribution is 0.236. The zero-order chi connectivity index (χ0) is 13.1. The molecule has 0 bridgehead atoms. The molecule has 1 atom stereocenters. The molecule has 0 radical (unpaired) electrons. The average molecular weight is 268 g/mol. The van der Waals surface area contributed by atoms with Crippen LogP contribution in [0.25, 0.3) is 0 Å². The third-order valence-electron chi connectivity index (χ3n) is 3.26. The minimum absolute atomic E-state index is 0.0614. The molecule has 1 fully saturated rings. The lowest BCUT2D eigenvalue weighted by atomic mass is 10.0. The van der Waals surface area contributed by atoms with Gasteiger partial charge in [-0.15, -0.1) is 0 Å². The van der Waals surface area contributed by atoms with E-state index in [1.165, 1.54) is 0 Å². The van der Waals surface area contributed by atoms with Crippen molar-refractivity contribution in [2.24, 2.45) is 11.7 Å². The van der Waals surface area contributed by atoms with Gasteiger partial charge < -0.3 is 11.1 Å². The second-order valence-electron chi connectivity index (χ2n) is 4.67. The van der Waals surface area contributed by atoms with Gasteiger partial charge >= 0.3 is 6.03 Å². The molecule has 1 aromatic rings. The highest BCUT2D eigenvalue weighted by atomic mass is 35.5. The lowest BCUT2D eigenvalue weighted by Crippen LogP contribution is -2.51. The predicted octanol–water partition coefficient (Wildman–Crippen LogP) is 2.14. The first-order valence-corrected chi connectivity index (χ1v) is 6.51. The summed E-state index contributed by atoms with van der Waals surface area (Å²) < 4.78 is 0. The molecule has 5 heteroatoms. The molecule has 0 spiro atoms. The van der Waals surface area contributed by atoms with Gasteiger partial charge in [-0.05, 0) is 43.5 Å². The van der Waals surface area contributed by atoms with E-state index in [1.807, 2.05) is 25.1 Å². The van der Waals surface area contributed by atoms with Gasteiger partial charge in [-0.3, -0.25) is 4.90 Å². The number of anilines is 1. The van der Waals surface area contributed by atoms with Crippen LogP contribution in [0.1, 0.15) is 12.0 Å². The van der Waals surface area contributed by atoms with Crippen molar-refractivity contribution in [3.63, 3.8) is 0 Å². The number of halogens is 1. The second-order valence-corrected chi connectivity index (χ2v) is 5.11. The molecule has 0 aromatic heterocycles. The number of benzene rings is 1. The van der Waals surface area contributed by atoms with Gasteiger partial charge in [0.2, 0.25) is 0 Å². The van der Waals surface area contributed by atoms with Gasteiger partial charge in [-0.25, -0.2) is 4.79 Å². The van der Waals surface area contributed by atoms with Crippen molar-refractivity contribution < 1.29 is 4.79 Å². The van der Waals surface area contributed by atoms with E-state index >= 15 is 0 Å². The highest BCUT2D eigenvalue weighted by Gasteiger charge is 2.26. The predicted molar refractivity (Wildman–Crippen MR) is 74.1 cm³/mol. The minimum Gasteiger partial charge on any atom is -0.337 e. The van der Waals surface area contributed by atoms with Gasteiger partial charge in [-0.1, -0.05) is 17.7 Å². The number of nitrogens with one attached hydrogen (secondary N) is 1. The second kappa shape index (κ2) is 5.59. The number of hydrogen-bond acceptors (Lipinski definition) is 2. The highest BCUT2D eigenvalue weighted by Crippen LogP contribution is 2.26. The third kappa shape index (κ3) is 2.76. The smallest absolute Gasteiger partial charge is 0.321 e. The van der Waals surface area contributed by atoms with Crippen molar-refractivity contribution in [2.45, 2.75) is 13.3 Å². The van der Waals surface area contributed by atoms with Crippen LogP contribution in [0.5, 0.6) is 0 Å². The van der Waals surface area contributed by atoms with E-state index in [-0.39, 0.29) is 6.03 Å². The van der Waals surface area contributed by atoms with Crippen LogP contribution < -0.4 is 16.0 Å². The van der Waals surface area contributed by atoms with Gasteiger partial charge in [0.15, 0.2) is 0 Å². The molecule has 2 rings (SSSR count). The maximum Gasteiger partial charge on any atom is 0.321 e. The summed E-state index contributed by atoms with van der Waals surface area (Å²) in [6, 6.07) is 5.53. The van der Waals surface area contributed by atoms with Crippen LogP contribution in [-0.4, -0.2) is 25.7 Å². The summed E-state index contributed by atoms with van der Waals surface area (Å²) in [5.74, 6) is 0.395. The molecule has 1 aliphatic heterocycles. The number of urea groups is 1.